The lowest BCUT2D eigenvalue weighted by Crippen LogP contribution is -2.30. The first-order valence-corrected chi connectivity index (χ1v) is 7.52. The lowest BCUT2D eigenvalue weighted by atomic mass is 9.94. The number of nitrogens with two attached hydrogens (primary N) is 1. The number of imidazole rings is 1. The summed E-state index contributed by atoms with van der Waals surface area (Å²) in [5.41, 5.74) is 8.34. The highest BCUT2D eigenvalue weighted by Gasteiger charge is 2.18. The SMILES string of the molecule is CN1CCC(CCn2c(N)nc3c(C#N)cccc32)CC1. The highest BCUT2D eigenvalue weighted by atomic mass is 15.2. The van der Waals surface area contributed by atoms with Crippen LogP contribution in [0, 0.1) is 17.2 Å². The molecule has 0 unspecified atom stereocenters. The van der Waals surface area contributed by atoms with E-state index in [-0.39, 0.29) is 0 Å². The number of benzene rings is 1. The number of nitriles is 1. The second-order valence-electron chi connectivity index (χ2n) is 5.94. The van der Waals surface area contributed by atoms with Gasteiger partial charge in [-0.3, -0.25) is 0 Å². The van der Waals surface area contributed by atoms with Crippen LogP contribution in [-0.4, -0.2) is 34.6 Å². The molecule has 2 aromatic rings. The van der Waals surface area contributed by atoms with Crippen LogP contribution in [-0.2, 0) is 6.54 Å². The zero-order chi connectivity index (χ0) is 14.8. The van der Waals surface area contributed by atoms with Gasteiger partial charge >= 0.3 is 0 Å². The average Bonchev–Trinajstić information content (AvgIpc) is 2.82. The maximum absolute atomic E-state index is 9.15. The van der Waals surface area contributed by atoms with E-state index in [1.165, 1.54) is 25.9 Å². The molecule has 0 amide bonds. The summed E-state index contributed by atoms with van der Waals surface area (Å²) in [5.74, 6) is 1.28. The number of rotatable bonds is 3. The van der Waals surface area contributed by atoms with E-state index in [2.05, 4.69) is 27.6 Å². The molecule has 0 atom stereocenters. The average molecular weight is 283 g/mol. The molecular weight excluding hydrogens is 262 g/mol. The molecule has 0 saturated carbocycles. The number of aryl methyl sites for hydroxylation is 1. The summed E-state index contributed by atoms with van der Waals surface area (Å²) in [6, 6.07) is 7.86. The molecule has 0 spiro atoms. The summed E-state index contributed by atoms with van der Waals surface area (Å²) in [5, 5.41) is 9.15. The second kappa shape index (κ2) is 5.74. The number of likely N-dealkylation sites (tertiary alicyclic amines) is 1. The smallest absolute Gasteiger partial charge is 0.201 e. The fraction of sp³-hybridized carbons (Fsp3) is 0.500. The van der Waals surface area contributed by atoms with E-state index in [4.69, 9.17) is 11.0 Å². The van der Waals surface area contributed by atoms with Crippen molar-refractivity contribution in [2.45, 2.75) is 25.8 Å². The van der Waals surface area contributed by atoms with Crippen LogP contribution in [0.15, 0.2) is 18.2 Å². The van der Waals surface area contributed by atoms with Crippen LogP contribution in [0.5, 0.6) is 0 Å². The molecule has 1 aliphatic heterocycles. The summed E-state index contributed by atoms with van der Waals surface area (Å²) >= 11 is 0. The molecule has 1 aliphatic rings. The highest BCUT2D eigenvalue weighted by molar-refractivity contribution is 5.83. The van der Waals surface area contributed by atoms with Crippen molar-refractivity contribution < 1.29 is 0 Å². The van der Waals surface area contributed by atoms with Crippen molar-refractivity contribution in [3.05, 3.63) is 23.8 Å². The van der Waals surface area contributed by atoms with Crippen molar-refractivity contribution in [3.63, 3.8) is 0 Å². The van der Waals surface area contributed by atoms with Crippen LogP contribution in [0.2, 0.25) is 0 Å². The molecule has 5 nitrogen and oxygen atoms in total. The lowest BCUT2D eigenvalue weighted by Gasteiger charge is -2.29. The van der Waals surface area contributed by atoms with E-state index in [1.54, 1.807) is 6.07 Å². The molecule has 1 fully saturated rings. The molecule has 21 heavy (non-hydrogen) atoms. The van der Waals surface area contributed by atoms with Gasteiger partial charge in [0.15, 0.2) is 0 Å². The predicted octanol–water partition coefficient (Wildman–Crippen LogP) is 2.22. The van der Waals surface area contributed by atoms with E-state index in [0.717, 1.165) is 29.9 Å². The quantitative estimate of drug-likeness (QED) is 0.937. The summed E-state index contributed by atoms with van der Waals surface area (Å²) in [6.45, 7) is 3.25. The number of fused-ring (bicyclic) bond motifs is 1. The van der Waals surface area contributed by atoms with E-state index in [1.807, 2.05) is 12.1 Å². The largest absolute Gasteiger partial charge is 0.369 e. The normalized spacial score (nSPS) is 17.1. The first kappa shape index (κ1) is 13.9. The van der Waals surface area contributed by atoms with E-state index in [9.17, 15) is 0 Å². The topological polar surface area (TPSA) is 70.9 Å². The van der Waals surface area contributed by atoms with Gasteiger partial charge in [0.05, 0.1) is 11.1 Å². The standard InChI is InChI=1S/C16H21N5/c1-20-8-5-12(6-9-20)7-10-21-14-4-2-3-13(11-17)15(14)19-16(21)18/h2-4,12H,5-10H2,1H3,(H2,18,19). The van der Waals surface area contributed by atoms with Gasteiger partial charge in [0.1, 0.15) is 11.6 Å². The molecule has 2 N–H and O–H groups in total. The summed E-state index contributed by atoms with van der Waals surface area (Å²) in [7, 11) is 2.18. The molecule has 0 aliphatic carbocycles. The Morgan fingerprint density at radius 2 is 2.14 bits per heavy atom. The Hall–Kier alpha value is -2.06. The second-order valence-corrected chi connectivity index (χ2v) is 5.94. The van der Waals surface area contributed by atoms with Crippen molar-refractivity contribution in [3.8, 4) is 6.07 Å². The van der Waals surface area contributed by atoms with E-state index < -0.39 is 0 Å². The molecule has 1 saturated heterocycles. The van der Waals surface area contributed by atoms with Gasteiger partial charge < -0.3 is 15.2 Å². The molecule has 3 rings (SSSR count). The Balaban J connectivity index is 1.78. The van der Waals surface area contributed by atoms with Gasteiger partial charge in [0.2, 0.25) is 5.95 Å². The van der Waals surface area contributed by atoms with Crippen LogP contribution in [0.25, 0.3) is 11.0 Å². The molecular formula is C16H21N5. The first-order chi connectivity index (χ1) is 10.2. The number of piperidine rings is 1. The van der Waals surface area contributed by atoms with Gasteiger partial charge in [0.25, 0.3) is 0 Å². The van der Waals surface area contributed by atoms with Crippen LogP contribution in [0.4, 0.5) is 5.95 Å². The number of aromatic nitrogens is 2. The Kier molecular flexibility index (Phi) is 3.80. The monoisotopic (exact) mass is 283 g/mol. The molecule has 110 valence electrons. The van der Waals surface area contributed by atoms with Crippen molar-refractivity contribution in [1.82, 2.24) is 14.5 Å². The van der Waals surface area contributed by atoms with Gasteiger partial charge in [-0.05, 0) is 57.5 Å². The van der Waals surface area contributed by atoms with Crippen molar-refractivity contribution in [1.29, 1.82) is 5.26 Å². The molecule has 0 radical (unpaired) electrons. The minimum Gasteiger partial charge on any atom is -0.369 e. The zero-order valence-electron chi connectivity index (χ0n) is 12.4. The number of anilines is 1. The minimum atomic E-state index is 0.514. The minimum absolute atomic E-state index is 0.514. The Morgan fingerprint density at radius 3 is 2.86 bits per heavy atom. The first-order valence-electron chi connectivity index (χ1n) is 7.52. The van der Waals surface area contributed by atoms with E-state index >= 15 is 0 Å². The van der Waals surface area contributed by atoms with Crippen LogP contribution < -0.4 is 5.73 Å². The molecule has 1 aromatic heterocycles. The predicted molar refractivity (Wildman–Crippen MR) is 83.7 cm³/mol. The molecule has 2 heterocycles. The van der Waals surface area contributed by atoms with Crippen LogP contribution >= 0.6 is 0 Å². The van der Waals surface area contributed by atoms with Gasteiger partial charge in [-0.1, -0.05) is 6.07 Å². The van der Waals surface area contributed by atoms with Crippen molar-refractivity contribution in [2.75, 3.05) is 25.9 Å². The molecule has 5 heteroatoms. The maximum Gasteiger partial charge on any atom is 0.201 e. The Labute approximate surface area is 125 Å². The fourth-order valence-corrected chi connectivity index (χ4v) is 3.15. The number of nitrogens with zero attached hydrogens (tertiary/aromatic N) is 4. The Morgan fingerprint density at radius 1 is 1.38 bits per heavy atom. The summed E-state index contributed by atoms with van der Waals surface area (Å²) in [4.78, 5) is 6.76. The van der Waals surface area contributed by atoms with Crippen LogP contribution in [0.3, 0.4) is 0 Å². The third-order valence-corrected chi connectivity index (χ3v) is 4.53. The van der Waals surface area contributed by atoms with E-state index in [0.29, 0.717) is 11.5 Å². The van der Waals surface area contributed by atoms with Gasteiger partial charge in [-0.15, -0.1) is 0 Å². The number of hydrogen-bond donors (Lipinski definition) is 1. The van der Waals surface area contributed by atoms with Gasteiger partial charge in [0, 0.05) is 6.54 Å². The molecule has 1 aromatic carbocycles. The van der Waals surface area contributed by atoms with Crippen molar-refractivity contribution >= 4 is 17.0 Å². The number of nitrogen functional groups attached to an aromatic ring is 1. The highest BCUT2D eigenvalue weighted by Crippen LogP contribution is 2.25. The van der Waals surface area contributed by atoms with Crippen LogP contribution in [0.1, 0.15) is 24.8 Å². The maximum atomic E-state index is 9.15. The zero-order valence-corrected chi connectivity index (χ0v) is 12.4. The third-order valence-electron chi connectivity index (χ3n) is 4.53. The lowest BCUT2D eigenvalue weighted by molar-refractivity contribution is 0.208. The van der Waals surface area contributed by atoms with Gasteiger partial charge in [-0.2, -0.15) is 5.26 Å². The summed E-state index contributed by atoms with van der Waals surface area (Å²) in [6.07, 6.45) is 3.64. The molecule has 0 bridgehead atoms. The number of hydrogen-bond acceptors (Lipinski definition) is 4. The summed E-state index contributed by atoms with van der Waals surface area (Å²) < 4.78 is 2.05. The van der Waals surface area contributed by atoms with Crippen molar-refractivity contribution in [2.24, 2.45) is 5.92 Å². The Bertz CT molecular complexity index is 674. The third kappa shape index (κ3) is 2.72. The van der Waals surface area contributed by atoms with Gasteiger partial charge in [-0.25, -0.2) is 4.98 Å². The fourth-order valence-electron chi connectivity index (χ4n) is 3.15. The number of para-hydroxylation sites is 1.